The molecule has 44 heavy (non-hydrogen) atoms. The van der Waals surface area contributed by atoms with Crippen LogP contribution in [0, 0.1) is 5.92 Å². The molecule has 1 unspecified atom stereocenters. The average molecular weight is 619 g/mol. The first-order chi connectivity index (χ1) is 21.4. The predicted octanol–water partition coefficient (Wildman–Crippen LogP) is 9.50. The van der Waals surface area contributed by atoms with Crippen LogP contribution in [0.4, 0.5) is 0 Å². The minimum atomic E-state index is -0.994. The van der Waals surface area contributed by atoms with E-state index < -0.39 is 6.10 Å². The summed E-state index contributed by atoms with van der Waals surface area (Å²) in [7, 11) is 0. The number of aliphatic hydroxyl groups excluding tert-OH is 2. The third kappa shape index (κ3) is 31.3. The predicted molar refractivity (Wildman–Crippen MR) is 183 cm³/mol. The summed E-state index contributed by atoms with van der Waals surface area (Å²) in [5.74, 6) is 0.200. The maximum absolute atomic E-state index is 11.9. The Morgan fingerprint density at radius 3 is 1.52 bits per heavy atom. The van der Waals surface area contributed by atoms with Crippen molar-refractivity contribution in [2.75, 3.05) is 13.2 Å². The lowest BCUT2D eigenvalue weighted by Crippen LogP contribution is -2.25. The first-order valence-electron chi connectivity index (χ1n) is 17.7. The van der Waals surface area contributed by atoms with Crippen LogP contribution in [-0.2, 0) is 19.1 Å². The van der Waals surface area contributed by atoms with Crippen molar-refractivity contribution < 1.29 is 29.3 Å². The third-order valence-corrected chi connectivity index (χ3v) is 7.77. The molecule has 0 saturated heterocycles. The van der Waals surface area contributed by atoms with Gasteiger partial charge in [0.2, 0.25) is 0 Å². The second kappa shape index (κ2) is 32.2. The first kappa shape index (κ1) is 41.8. The van der Waals surface area contributed by atoms with Crippen LogP contribution in [0.2, 0.25) is 0 Å². The van der Waals surface area contributed by atoms with Crippen molar-refractivity contribution >= 4 is 11.9 Å². The van der Waals surface area contributed by atoms with Gasteiger partial charge in [0, 0.05) is 12.8 Å². The maximum atomic E-state index is 11.9. The molecule has 0 aromatic heterocycles. The van der Waals surface area contributed by atoms with Gasteiger partial charge in [0.25, 0.3) is 0 Å². The van der Waals surface area contributed by atoms with Crippen molar-refractivity contribution in [1.29, 1.82) is 0 Å². The summed E-state index contributed by atoms with van der Waals surface area (Å²) >= 11 is 0. The van der Waals surface area contributed by atoms with E-state index >= 15 is 0 Å². The number of carbonyl (C=O) groups is 2. The zero-order chi connectivity index (χ0) is 32.5. The Labute approximate surface area is 270 Å². The summed E-state index contributed by atoms with van der Waals surface area (Å²) in [5, 5.41) is 19.5. The second-order valence-corrected chi connectivity index (χ2v) is 12.0. The molecule has 0 heterocycles. The number of carbonyl (C=O) groups excluding carboxylic acids is 2. The van der Waals surface area contributed by atoms with Crippen molar-refractivity contribution in [3.05, 3.63) is 48.6 Å². The molecule has 0 radical (unpaired) electrons. The van der Waals surface area contributed by atoms with Gasteiger partial charge in [-0.15, -0.1) is 0 Å². The number of ether oxygens (including phenoxy) is 2. The number of aliphatic hydroxyl groups is 2. The smallest absolute Gasteiger partial charge is 0.305 e. The lowest BCUT2D eigenvalue weighted by atomic mass is 9.99. The topological polar surface area (TPSA) is 93.1 Å². The molecule has 0 aromatic rings. The maximum Gasteiger partial charge on any atom is 0.305 e. The molecule has 0 saturated carbocycles. The fourth-order valence-electron chi connectivity index (χ4n) is 4.50. The minimum absolute atomic E-state index is 0.142. The molecule has 254 valence electrons. The van der Waals surface area contributed by atoms with Gasteiger partial charge in [0.1, 0.15) is 19.3 Å². The fourth-order valence-corrected chi connectivity index (χ4v) is 4.50. The van der Waals surface area contributed by atoms with Gasteiger partial charge in [-0.3, -0.25) is 9.59 Å². The molecule has 0 fully saturated rings. The molecule has 3 atom stereocenters. The van der Waals surface area contributed by atoms with E-state index in [0.717, 1.165) is 70.1 Å². The highest BCUT2D eigenvalue weighted by Crippen LogP contribution is 2.15. The number of hydrogen-bond donors (Lipinski definition) is 2. The highest BCUT2D eigenvalue weighted by Gasteiger charge is 2.12. The van der Waals surface area contributed by atoms with Gasteiger partial charge in [-0.2, -0.15) is 0 Å². The zero-order valence-corrected chi connectivity index (χ0v) is 28.4. The molecule has 0 aliphatic rings. The summed E-state index contributed by atoms with van der Waals surface area (Å²) < 4.78 is 10.2. The summed E-state index contributed by atoms with van der Waals surface area (Å²) in [5.41, 5.74) is 0. The van der Waals surface area contributed by atoms with Crippen molar-refractivity contribution in [2.24, 2.45) is 5.92 Å². The summed E-state index contributed by atoms with van der Waals surface area (Å²) in [6.45, 7) is 6.29. The van der Waals surface area contributed by atoms with E-state index in [2.05, 4.69) is 62.5 Å². The zero-order valence-electron chi connectivity index (χ0n) is 28.4. The Bertz CT molecular complexity index is 784. The quantitative estimate of drug-likeness (QED) is 0.0473. The fraction of sp³-hybridized carbons (Fsp3) is 0.737. The molecule has 0 amide bonds. The highest BCUT2D eigenvalue weighted by atomic mass is 16.6. The molecule has 0 spiro atoms. The molecule has 0 rings (SSSR count). The van der Waals surface area contributed by atoms with E-state index in [-0.39, 0.29) is 31.3 Å². The Balaban J connectivity index is 3.60. The van der Waals surface area contributed by atoms with E-state index in [0.29, 0.717) is 19.3 Å². The standard InChI is InChI=1S/C38H66O6/c1-4-34(3)28-24-20-16-14-15-19-23-27-31-38(42)44-33-36(40)32-43-37(41)30-26-22-18-13-11-9-7-6-8-10-12-17-21-25-29-35(39)5-2/h7-10,13,17-18,21,34-36,39-40H,4-6,11-12,14-16,19-20,22-33H2,1-3H3/b9-7-,10-8-,18-13-,21-17-/t34?,35-,36-/m0/s1. The summed E-state index contributed by atoms with van der Waals surface area (Å²) in [4.78, 5) is 23.8. The summed E-state index contributed by atoms with van der Waals surface area (Å²) in [6, 6.07) is 0. The van der Waals surface area contributed by atoms with Crippen LogP contribution in [0.15, 0.2) is 48.6 Å². The van der Waals surface area contributed by atoms with E-state index in [1.54, 1.807) is 0 Å². The number of unbranched alkanes of at least 4 members (excludes halogenated alkanes) is 8. The summed E-state index contributed by atoms with van der Waals surface area (Å²) in [6.07, 6.45) is 35.3. The van der Waals surface area contributed by atoms with Crippen LogP contribution in [-0.4, -0.2) is 47.6 Å². The van der Waals surface area contributed by atoms with E-state index in [4.69, 9.17) is 9.47 Å². The molecule has 0 aromatic carbocycles. The van der Waals surface area contributed by atoms with E-state index in [9.17, 15) is 19.8 Å². The lowest BCUT2D eigenvalue weighted by Gasteiger charge is -2.12. The number of hydrogen-bond acceptors (Lipinski definition) is 6. The Morgan fingerprint density at radius 1 is 0.545 bits per heavy atom. The van der Waals surface area contributed by atoms with E-state index in [1.165, 1.54) is 44.9 Å². The van der Waals surface area contributed by atoms with Gasteiger partial charge in [-0.1, -0.05) is 127 Å². The number of allylic oxidation sites excluding steroid dienone is 8. The minimum Gasteiger partial charge on any atom is -0.463 e. The van der Waals surface area contributed by atoms with Crippen LogP contribution in [0.3, 0.4) is 0 Å². The van der Waals surface area contributed by atoms with Crippen molar-refractivity contribution in [1.82, 2.24) is 0 Å². The van der Waals surface area contributed by atoms with Crippen molar-refractivity contribution in [2.45, 2.75) is 161 Å². The van der Waals surface area contributed by atoms with Crippen LogP contribution in [0.1, 0.15) is 149 Å². The Hall–Kier alpha value is -2.18. The normalized spacial score (nSPS) is 14.2. The average Bonchev–Trinajstić information content (AvgIpc) is 3.02. The molecule has 0 aliphatic carbocycles. The van der Waals surface area contributed by atoms with Crippen LogP contribution in [0.25, 0.3) is 0 Å². The Kier molecular flexibility index (Phi) is 30.6. The SMILES string of the molecule is CCC(C)CCCCCCCCCCC(=O)OC[C@@H](O)COC(=O)CCC/C=C\C/C=C\C/C=C\C/C=C\CC[C@@H](O)CC. The highest BCUT2D eigenvalue weighted by molar-refractivity contribution is 5.69. The molecule has 2 N–H and O–H groups in total. The van der Waals surface area contributed by atoms with Gasteiger partial charge in [-0.05, 0) is 63.7 Å². The molecule has 0 aliphatic heterocycles. The van der Waals surface area contributed by atoms with Gasteiger partial charge < -0.3 is 19.7 Å². The Morgan fingerprint density at radius 2 is 1.00 bits per heavy atom. The lowest BCUT2D eigenvalue weighted by molar-refractivity contribution is -0.152. The van der Waals surface area contributed by atoms with Crippen molar-refractivity contribution in [3.63, 3.8) is 0 Å². The van der Waals surface area contributed by atoms with Gasteiger partial charge in [-0.25, -0.2) is 0 Å². The second-order valence-electron chi connectivity index (χ2n) is 12.0. The van der Waals surface area contributed by atoms with Gasteiger partial charge >= 0.3 is 11.9 Å². The molecular formula is C38H66O6. The monoisotopic (exact) mass is 618 g/mol. The first-order valence-corrected chi connectivity index (χ1v) is 17.7. The molecular weight excluding hydrogens is 552 g/mol. The molecule has 6 nitrogen and oxygen atoms in total. The number of rotatable bonds is 30. The van der Waals surface area contributed by atoms with Crippen molar-refractivity contribution in [3.8, 4) is 0 Å². The third-order valence-electron chi connectivity index (χ3n) is 7.77. The van der Waals surface area contributed by atoms with Crippen LogP contribution >= 0.6 is 0 Å². The molecule has 0 bridgehead atoms. The number of esters is 2. The van der Waals surface area contributed by atoms with Crippen LogP contribution < -0.4 is 0 Å². The van der Waals surface area contributed by atoms with Gasteiger partial charge in [0.05, 0.1) is 6.10 Å². The molecule has 6 heteroatoms. The van der Waals surface area contributed by atoms with Gasteiger partial charge in [0.15, 0.2) is 0 Å². The van der Waals surface area contributed by atoms with E-state index in [1.807, 2.05) is 6.92 Å². The van der Waals surface area contributed by atoms with Crippen LogP contribution in [0.5, 0.6) is 0 Å². The largest absolute Gasteiger partial charge is 0.463 e.